The van der Waals surface area contributed by atoms with E-state index in [-0.39, 0.29) is 5.91 Å². The summed E-state index contributed by atoms with van der Waals surface area (Å²) in [5.74, 6) is -0.175. The normalized spacial score (nSPS) is 10.6. The number of nitrogens with zero attached hydrogens (tertiary/aromatic N) is 3. The lowest BCUT2D eigenvalue weighted by Gasteiger charge is -2.07. The van der Waals surface area contributed by atoms with Crippen LogP contribution in [0.2, 0.25) is 5.02 Å². The summed E-state index contributed by atoms with van der Waals surface area (Å²) in [6.07, 6.45) is 3.83. The van der Waals surface area contributed by atoms with Crippen molar-refractivity contribution >= 4 is 17.5 Å². The second-order valence-corrected chi connectivity index (χ2v) is 5.02. The lowest BCUT2D eigenvalue weighted by Crippen LogP contribution is -2.25. The van der Waals surface area contributed by atoms with Gasteiger partial charge < -0.3 is 5.32 Å². The number of aromatic nitrogens is 3. The van der Waals surface area contributed by atoms with E-state index in [0.717, 1.165) is 24.4 Å². The molecule has 0 radical (unpaired) electrons. The van der Waals surface area contributed by atoms with Gasteiger partial charge in [0, 0.05) is 31.2 Å². The second-order valence-electron chi connectivity index (χ2n) is 4.62. The van der Waals surface area contributed by atoms with E-state index in [9.17, 15) is 4.79 Å². The van der Waals surface area contributed by atoms with Crippen molar-refractivity contribution in [2.24, 2.45) is 0 Å². The van der Waals surface area contributed by atoms with Crippen molar-refractivity contribution in [3.05, 3.63) is 46.5 Å². The van der Waals surface area contributed by atoms with Crippen LogP contribution in [0.3, 0.4) is 0 Å². The average molecular weight is 293 g/mol. The first-order valence-electron chi connectivity index (χ1n) is 6.46. The molecule has 0 spiro atoms. The van der Waals surface area contributed by atoms with Crippen LogP contribution in [0.15, 0.2) is 24.5 Å². The molecule has 0 saturated carbocycles. The van der Waals surface area contributed by atoms with Gasteiger partial charge >= 0.3 is 0 Å². The molecule has 5 nitrogen and oxygen atoms in total. The van der Waals surface area contributed by atoms with Crippen LogP contribution in [0.5, 0.6) is 0 Å². The van der Waals surface area contributed by atoms with Crippen LogP contribution in [0, 0.1) is 13.8 Å². The van der Waals surface area contributed by atoms with Crippen LogP contribution >= 0.6 is 11.6 Å². The molecule has 1 amide bonds. The minimum Gasteiger partial charge on any atom is -0.352 e. The molecule has 106 valence electrons. The summed E-state index contributed by atoms with van der Waals surface area (Å²) in [5.41, 5.74) is 2.59. The van der Waals surface area contributed by atoms with Crippen molar-refractivity contribution in [1.29, 1.82) is 0 Å². The molecular weight excluding hydrogens is 276 g/mol. The Morgan fingerprint density at radius 3 is 2.90 bits per heavy atom. The van der Waals surface area contributed by atoms with Crippen LogP contribution < -0.4 is 5.32 Å². The standard InChI is InChI=1S/C14H17ClN4O/c1-10-8-11(2)19(18-10)7-3-5-17-14(20)12-4-6-16-9-13(12)15/h4,6,8-9H,3,5,7H2,1-2H3,(H,17,20). The third-order valence-electron chi connectivity index (χ3n) is 2.95. The second kappa shape index (κ2) is 6.52. The number of carbonyl (C=O) groups is 1. The van der Waals surface area contributed by atoms with Crippen molar-refractivity contribution in [3.63, 3.8) is 0 Å². The van der Waals surface area contributed by atoms with Gasteiger partial charge in [-0.2, -0.15) is 5.10 Å². The molecule has 0 bridgehead atoms. The van der Waals surface area contributed by atoms with Crippen LogP contribution in [0.4, 0.5) is 0 Å². The number of rotatable bonds is 5. The third kappa shape index (κ3) is 3.57. The Balaban J connectivity index is 1.80. The molecule has 0 atom stereocenters. The number of aryl methyl sites for hydroxylation is 3. The molecule has 2 aromatic rings. The maximum absolute atomic E-state index is 11.9. The fourth-order valence-electron chi connectivity index (χ4n) is 1.99. The summed E-state index contributed by atoms with van der Waals surface area (Å²) in [6.45, 7) is 5.35. The van der Waals surface area contributed by atoms with Gasteiger partial charge in [-0.1, -0.05) is 11.6 Å². The Morgan fingerprint density at radius 2 is 2.25 bits per heavy atom. The molecule has 0 aliphatic carbocycles. The number of amides is 1. The first-order chi connectivity index (χ1) is 9.58. The molecule has 1 N–H and O–H groups in total. The number of pyridine rings is 1. The lowest BCUT2D eigenvalue weighted by molar-refractivity contribution is 0.0952. The van der Waals surface area contributed by atoms with Gasteiger partial charge in [0.2, 0.25) is 0 Å². The monoisotopic (exact) mass is 292 g/mol. The molecule has 0 aliphatic rings. The summed E-state index contributed by atoms with van der Waals surface area (Å²) in [7, 11) is 0. The minimum atomic E-state index is -0.175. The Kier molecular flexibility index (Phi) is 4.74. The molecule has 0 saturated heterocycles. The maximum atomic E-state index is 11.9. The van der Waals surface area contributed by atoms with Gasteiger partial charge in [-0.25, -0.2) is 0 Å². The smallest absolute Gasteiger partial charge is 0.252 e. The number of carbonyl (C=O) groups excluding carboxylic acids is 1. The van der Waals surface area contributed by atoms with E-state index in [1.807, 2.05) is 24.6 Å². The predicted octanol–water partition coefficient (Wildman–Crippen LogP) is 2.37. The van der Waals surface area contributed by atoms with Gasteiger partial charge in [-0.15, -0.1) is 0 Å². The van der Waals surface area contributed by atoms with E-state index in [0.29, 0.717) is 17.1 Å². The van der Waals surface area contributed by atoms with E-state index < -0.39 is 0 Å². The van der Waals surface area contributed by atoms with Gasteiger partial charge in [-0.05, 0) is 32.4 Å². The minimum absolute atomic E-state index is 0.175. The van der Waals surface area contributed by atoms with Gasteiger partial charge in [0.1, 0.15) is 0 Å². The van der Waals surface area contributed by atoms with Gasteiger partial charge in [0.25, 0.3) is 5.91 Å². The molecule has 20 heavy (non-hydrogen) atoms. The Hall–Kier alpha value is -1.88. The molecule has 0 aromatic carbocycles. The molecule has 0 aliphatic heterocycles. The van der Waals surface area contributed by atoms with E-state index in [2.05, 4.69) is 15.4 Å². The van der Waals surface area contributed by atoms with Crippen molar-refractivity contribution < 1.29 is 4.79 Å². The molecular formula is C14H17ClN4O. The zero-order valence-corrected chi connectivity index (χ0v) is 12.3. The van der Waals surface area contributed by atoms with E-state index in [1.54, 1.807) is 12.3 Å². The molecule has 0 fully saturated rings. The van der Waals surface area contributed by atoms with Crippen LogP contribution in [-0.4, -0.2) is 27.2 Å². The summed E-state index contributed by atoms with van der Waals surface area (Å²) in [4.78, 5) is 15.8. The highest BCUT2D eigenvalue weighted by molar-refractivity contribution is 6.33. The van der Waals surface area contributed by atoms with Gasteiger partial charge in [0.15, 0.2) is 0 Å². The summed E-state index contributed by atoms with van der Waals surface area (Å²) in [6, 6.07) is 3.65. The van der Waals surface area contributed by atoms with Crippen LogP contribution in [-0.2, 0) is 6.54 Å². The highest BCUT2D eigenvalue weighted by Crippen LogP contribution is 2.12. The van der Waals surface area contributed by atoms with Crippen molar-refractivity contribution in [2.45, 2.75) is 26.8 Å². The third-order valence-corrected chi connectivity index (χ3v) is 3.25. The lowest BCUT2D eigenvalue weighted by atomic mass is 10.2. The quantitative estimate of drug-likeness (QED) is 0.861. The first kappa shape index (κ1) is 14.5. The van der Waals surface area contributed by atoms with E-state index >= 15 is 0 Å². The highest BCUT2D eigenvalue weighted by Gasteiger charge is 2.09. The molecule has 2 heterocycles. The topological polar surface area (TPSA) is 59.8 Å². The van der Waals surface area contributed by atoms with Gasteiger partial charge in [-0.3, -0.25) is 14.5 Å². The molecule has 0 unspecified atom stereocenters. The fraction of sp³-hybridized carbons (Fsp3) is 0.357. The SMILES string of the molecule is Cc1cc(C)n(CCCNC(=O)c2ccncc2Cl)n1. The highest BCUT2D eigenvalue weighted by atomic mass is 35.5. The van der Waals surface area contributed by atoms with E-state index in [4.69, 9.17) is 11.6 Å². The van der Waals surface area contributed by atoms with Crippen molar-refractivity contribution in [3.8, 4) is 0 Å². The van der Waals surface area contributed by atoms with Crippen molar-refractivity contribution in [2.75, 3.05) is 6.54 Å². The Bertz CT molecular complexity index is 609. The fourth-order valence-corrected chi connectivity index (χ4v) is 2.19. The Labute approximate surface area is 123 Å². The average Bonchev–Trinajstić information content (AvgIpc) is 2.73. The number of hydrogen-bond acceptors (Lipinski definition) is 3. The number of hydrogen-bond donors (Lipinski definition) is 1. The number of nitrogens with one attached hydrogen (secondary N) is 1. The molecule has 2 aromatic heterocycles. The first-order valence-corrected chi connectivity index (χ1v) is 6.84. The molecule has 2 rings (SSSR count). The summed E-state index contributed by atoms with van der Waals surface area (Å²) >= 11 is 5.91. The van der Waals surface area contributed by atoms with E-state index in [1.165, 1.54) is 6.20 Å². The van der Waals surface area contributed by atoms with Gasteiger partial charge in [0.05, 0.1) is 16.3 Å². The predicted molar refractivity (Wildman–Crippen MR) is 77.9 cm³/mol. The Morgan fingerprint density at radius 1 is 1.45 bits per heavy atom. The maximum Gasteiger partial charge on any atom is 0.252 e. The summed E-state index contributed by atoms with van der Waals surface area (Å²) < 4.78 is 1.95. The zero-order valence-electron chi connectivity index (χ0n) is 11.6. The van der Waals surface area contributed by atoms with Crippen molar-refractivity contribution in [1.82, 2.24) is 20.1 Å². The molecule has 6 heteroatoms. The largest absolute Gasteiger partial charge is 0.352 e. The van der Waals surface area contributed by atoms with Crippen LogP contribution in [0.1, 0.15) is 28.2 Å². The zero-order chi connectivity index (χ0) is 14.5. The number of halogens is 1. The summed E-state index contributed by atoms with van der Waals surface area (Å²) in [5, 5.41) is 7.58. The van der Waals surface area contributed by atoms with Crippen LogP contribution in [0.25, 0.3) is 0 Å².